The van der Waals surface area contributed by atoms with E-state index in [1.807, 2.05) is 0 Å². The number of nitrogens with two attached hydrogens (primary N) is 3. The van der Waals surface area contributed by atoms with Crippen LogP contribution in [0.25, 0.3) is 22.3 Å². The molecule has 0 bridgehead atoms. The maximum Gasteiger partial charge on any atom is 0.490 e. The van der Waals surface area contributed by atoms with E-state index in [1.165, 1.54) is 46.1 Å². The number of nitrogens with one attached hydrogen (secondary N) is 1. The fraction of sp³-hybridized carbons (Fsp3) is 0.357. The second-order valence-electron chi connectivity index (χ2n) is 17.1. The third kappa shape index (κ3) is 16.5. The standard InChI is InChI=1S/C22H20F3N7O7.C20H24N7O15P3/c23-22(24,25)20(35)27-5-1-2-11-3-4-12(13(6-11)32(36)37)9-38-19-17-18(29-21(26)30-19)31(10-28-17)16-7-14(34)15(8-33)39-16;21-5-1-2-11-3-4-12(13(6-11)27(29)30)8-38-19-17-18(24-20(22)25-19)26(10-23-17)16-7-14(28)15(40-16)9-39-44(34,35)42-45(36,37)41-43(31,32)33/h3-4,6,10,14-16,33-34H,5,7-9H2,(H,27,35)(H2,26,29,30);3-4,6,10,14-16,28H,5,7-9,21H2,(H,34,35)(H,36,37)(H2,22,24,25)(H2,31,32,33)/t2*14-,15-,16-/m11/s1. The van der Waals surface area contributed by atoms with Crippen LogP contribution in [0.3, 0.4) is 0 Å². The van der Waals surface area contributed by atoms with Crippen molar-refractivity contribution < 1.29 is 108 Å². The lowest BCUT2D eigenvalue weighted by atomic mass is 10.1. The third-order valence-electron chi connectivity index (χ3n) is 11.3. The van der Waals surface area contributed by atoms with E-state index in [-0.39, 0.29) is 113 Å². The number of alkyl halides is 3. The Morgan fingerprint density at radius 2 is 1.24 bits per heavy atom. The zero-order valence-electron chi connectivity index (χ0n) is 42.2. The Morgan fingerprint density at radius 1 is 0.762 bits per heavy atom. The number of imidazole rings is 2. The molecule has 1 amide bonds. The molecule has 2 aromatic carbocycles. The van der Waals surface area contributed by atoms with Gasteiger partial charge in [-0.25, -0.2) is 23.7 Å². The topological polar surface area (TPSA) is 538 Å². The largest absolute Gasteiger partial charge is 0.490 e. The number of nitro benzene ring substituents is 2. The van der Waals surface area contributed by atoms with Gasteiger partial charge >= 0.3 is 35.6 Å². The van der Waals surface area contributed by atoms with Crippen LogP contribution in [0.5, 0.6) is 11.8 Å². The van der Waals surface area contributed by atoms with Gasteiger partial charge in [-0.05, 0) is 24.3 Å². The van der Waals surface area contributed by atoms with Crippen LogP contribution in [0, 0.1) is 43.9 Å². The number of benzene rings is 2. The number of aromatic nitrogens is 8. The minimum absolute atomic E-state index is 0.0603. The predicted octanol–water partition coefficient (Wildman–Crippen LogP) is 0.764. The van der Waals surface area contributed by atoms with Gasteiger partial charge in [0, 0.05) is 36.1 Å². The van der Waals surface area contributed by atoms with Crippen LogP contribution in [0.4, 0.5) is 36.4 Å². The summed E-state index contributed by atoms with van der Waals surface area (Å²) in [6, 6.07) is 8.12. The summed E-state index contributed by atoms with van der Waals surface area (Å²) in [5.41, 5.74) is 17.7. The number of carbonyl (C=O) groups excluding carboxylic acids is 1. The number of aliphatic hydroxyl groups is 3. The number of ether oxygens (including phenoxy) is 4. The summed E-state index contributed by atoms with van der Waals surface area (Å²) in [4.78, 5) is 93.6. The quantitative estimate of drug-likeness (QED) is 0.0231. The van der Waals surface area contributed by atoms with Gasteiger partial charge in [0.25, 0.3) is 11.4 Å². The molecule has 0 spiro atoms. The highest BCUT2D eigenvalue weighted by Crippen LogP contribution is 2.66. The Balaban J connectivity index is 0.000000243. The molecule has 0 saturated carbocycles. The molecule has 42 heteroatoms. The van der Waals surface area contributed by atoms with E-state index in [9.17, 15) is 77.0 Å². The molecule has 450 valence electrons. The highest BCUT2D eigenvalue weighted by Gasteiger charge is 2.44. The fourth-order valence-corrected chi connectivity index (χ4v) is 10.7. The predicted molar refractivity (Wildman–Crippen MR) is 272 cm³/mol. The Kier molecular flexibility index (Phi) is 20.0. The lowest BCUT2D eigenvalue weighted by molar-refractivity contribution is -0.386. The first-order valence-corrected chi connectivity index (χ1v) is 27.9. The second-order valence-corrected chi connectivity index (χ2v) is 21.5. The molecule has 6 aromatic rings. The first-order chi connectivity index (χ1) is 39.4. The SMILES string of the molecule is NCC#Cc1ccc(COc2nc(N)nc3c2ncn3[C@H]2C[C@@H](O)[C@@H](COP(=O)(O)OP(=O)(O)OP(=O)(O)O)O2)c([N+](=O)[O-])c1.Nc1nc(OCc2ccc(C#CCNC(=O)C(F)(F)F)cc2[N+](=O)[O-])c2ncn([C@H]3C[C@@H](O)[C@@H](CO)O3)c2n1. The van der Waals surface area contributed by atoms with Gasteiger partial charge in [0.15, 0.2) is 22.3 Å². The summed E-state index contributed by atoms with van der Waals surface area (Å²) in [7, 11) is -16.8. The van der Waals surface area contributed by atoms with Crippen LogP contribution < -0.4 is 32.0 Å². The van der Waals surface area contributed by atoms with Crippen LogP contribution in [-0.2, 0) is 54.3 Å². The first-order valence-electron chi connectivity index (χ1n) is 23.3. The molecule has 0 aliphatic carbocycles. The van der Waals surface area contributed by atoms with Gasteiger partial charge in [0.2, 0.25) is 23.7 Å². The Morgan fingerprint density at radius 3 is 1.68 bits per heavy atom. The number of nitrogen functional groups attached to an aromatic ring is 2. The number of anilines is 2. The number of halogens is 3. The molecule has 2 aliphatic rings. The number of phosphoric ester groups is 1. The van der Waals surface area contributed by atoms with E-state index >= 15 is 0 Å². The molecule has 0 radical (unpaired) electrons. The molecule has 2 saturated heterocycles. The summed E-state index contributed by atoms with van der Waals surface area (Å²) in [5.74, 6) is 7.23. The molecule has 8 atom stereocenters. The summed E-state index contributed by atoms with van der Waals surface area (Å²) in [5, 5.41) is 54.6. The average Bonchev–Trinajstić information content (AvgIpc) is 2.22. The number of nitrogens with zero attached hydrogens (tertiary/aromatic N) is 10. The molecular weight excluding hydrogens is 1200 g/mol. The van der Waals surface area contributed by atoms with Crippen molar-refractivity contribution in [3.63, 3.8) is 0 Å². The number of rotatable bonds is 19. The summed E-state index contributed by atoms with van der Waals surface area (Å²) in [6.07, 6.45) is -8.50. The van der Waals surface area contributed by atoms with E-state index in [0.717, 1.165) is 6.07 Å². The van der Waals surface area contributed by atoms with Crippen molar-refractivity contribution in [2.45, 2.75) is 69.1 Å². The summed E-state index contributed by atoms with van der Waals surface area (Å²) < 4.78 is 108. The van der Waals surface area contributed by atoms with Crippen molar-refractivity contribution in [1.82, 2.24) is 44.4 Å². The van der Waals surface area contributed by atoms with Gasteiger partial charge in [-0.2, -0.15) is 41.7 Å². The number of fused-ring (bicyclic) bond motifs is 2. The van der Waals surface area contributed by atoms with E-state index in [1.54, 1.807) is 11.4 Å². The molecule has 36 nitrogen and oxygen atoms in total. The molecule has 8 rings (SSSR count). The molecule has 84 heavy (non-hydrogen) atoms. The van der Waals surface area contributed by atoms with Crippen LogP contribution in [-0.4, -0.2) is 147 Å². The maximum absolute atomic E-state index is 12.2. The van der Waals surface area contributed by atoms with Crippen molar-refractivity contribution in [2.24, 2.45) is 5.73 Å². The summed E-state index contributed by atoms with van der Waals surface area (Å²) in [6.45, 7) is -2.47. The molecule has 14 N–H and O–H groups in total. The second kappa shape index (κ2) is 26.3. The van der Waals surface area contributed by atoms with Crippen molar-refractivity contribution in [3.8, 4) is 35.4 Å². The van der Waals surface area contributed by atoms with Crippen LogP contribution in [0.1, 0.15) is 47.6 Å². The molecule has 4 aromatic heterocycles. The van der Waals surface area contributed by atoms with Gasteiger partial charge in [0.05, 0.1) is 72.1 Å². The number of amides is 1. The van der Waals surface area contributed by atoms with E-state index < -0.39 is 95.4 Å². The number of nitro groups is 2. The van der Waals surface area contributed by atoms with Crippen LogP contribution >= 0.6 is 23.5 Å². The average molecular weight is 1250 g/mol. The zero-order chi connectivity index (χ0) is 61.5. The zero-order valence-corrected chi connectivity index (χ0v) is 44.9. The fourth-order valence-electron chi connectivity index (χ4n) is 7.68. The molecular formula is C42H44F3N14O22P3. The van der Waals surface area contributed by atoms with E-state index in [0.29, 0.717) is 5.56 Å². The highest BCUT2D eigenvalue weighted by atomic mass is 31.3. The van der Waals surface area contributed by atoms with Gasteiger partial charge < -0.3 is 76.4 Å². The number of carbonyl (C=O) groups is 1. The number of aliphatic hydroxyl groups excluding tert-OH is 3. The Bertz CT molecular complexity index is 3760. The van der Waals surface area contributed by atoms with Crippen molar-refractivity contribution in [3.05, 3.63) is 91.5 Å². The van der Waals surface area contributed by atoms with Gasteiger partial charge in [-0.15, -0.1) is 0 Å². The maximum atomic E-state index is 12.2. The van der Waals surface area contributed by atoms with E-state index in [2.05, 4.69) is 66.7 Å². The van der Waals surface area contributed by atoms with Crippen molar-refractivity contribution in [2.75, 3.05) is 37.8 Å². The molecule has 2 unspecified atom stereocenters. The Labute approximate surface area is 466 Å². The molecule has 2 fully saturated rings. The number of hydrogen-bond acceptors (Lipinski definition) is 27. The number of hydrogen-bond donors (Lipinski definition) is 11. The normalized spacial score (nSPS) is 20.1. The first kappa shape index (κ1) is 63.7. The van der Waals surface area contributed by atoms with Gasteiger partial charge in [-0.3, -0.25) is 38.7 Å². The summed E-state index contributed by atoms with van der Waals surface area (Å²) >= 11 is 0. The van der Waals surface area contributed by atoms with E-state index in [4.69, 9.17) is 45.9 Å². The van der Waals surface area contributed by atoms with Gasteiger partial charge in [0.1, 0.15) is 37.9 Å². The molecule has 6 heterocycles. The minimum atomic E-state index is -5.74. The van der Waals surface area contributed by atoms with Crippen LogP contribution in [0.2, 0.25) is 0 Å². The highest BCUT2D eigenvalue weighted by molar-refractivity contribution is 7.66. The van der Waals surface area contributed by atoms with Crippen molar-refractivity contribution in [1.29, 1.82) is 0 Å². The molecule has 2 aliphatic heterocycles. The third-order valence-corrected chi connectivity index (χ3v) is 15.1. The van der Waals surface area contributed by atoms with Gasteiger partial charge in [-0.1, -0.05) is 23.7 Å². The van der Waals surface area contributed by atoms with Crippen LogP contribution in [0.15, 0.2) is 49.1 Å². The lowest BCUT2D eigenvalue weighted by Crippen LogP contribution is -2.36. The smallest absolute Gasteiger partial charge is 0.471 e. The van der Waals surface area contributed by atoms with Crippen molar-refractivity contribution >= 4 is 75.0 Å². The Hall–Kier alpha value is -7.91. The minimum Gasteiger partial charge on any atom is -0.471 e. The lowest BCUT2D eigenvalue weighted by Gasteiger charge is -2.19. The number of phosphoric acid groups is 3. The monoisotopic (exact) mass is 1250 g/mol.